The number of carbonyl (C=O) groups is 2. The summed E-state index contributed by atoms with van der Waals surface area (Å²) >= 11 is 0. The molecule has 1 aromatic heterocycles. The monoisotopic (exact) mass is 391 g/mol. The molecule has 148 valence electrons. The molecule has 1 fully saturated rings. The van der Waals surface area contributed by atoms with Gasteiger partial charge in [-0.15, -0.1) is 5.10 Å². The maximum atomic E-state index is 13.1. The highest BCUT2D eigenvalue weighted by molar-refractivity contribution is 6.02. The van der Waals surface area contributed by atoms with Crippen LogP contribution in [0.5, 0.6) is 0 Å². The van der Waals surface area contributed by atoms with Crippen LogP contribution >= 0.6 is 0 Å². The lowest BCUT2D eigenvalue weighted by Crippen LogP contribution is -2.35. The van der Waals surface area contributed by atoms with E-state index in [2.05, 4.69) is 25.9 Å². The number of hydrogen-bond donors (Lipinski definition) is 3. The van der Waals surface area contributed by atoms with Gasteiger partial charge in [0.2, 0.25) is 0 Å². The molecular weight excluding hydrogens is 370 g/mol. The fourth-order valence-electron chi connectivity index (χ4n) is 3.61. The number of amides is 3. The van der Waals surface area contributed by atoms with E-state index in [9.17, 15) is 9.59 Å². The van der Waals surface area contributed by atoms with Crippen molar-refractivity contribution in [3.05, 3.63) is 48.0 Å². The Hall–Kier alpha value is -3.75. The van der Waals surface area contributed by atoms with E-state index in [1.165, 1.54) is 0 Å². The van der Waals surface area contributed by atoms with E-state index >= 15 is 0 Å². The molecule has 1 aliphatic rings. The van der Waals surface area contributed by atoms with Crippen molar-refractivity contribution in [1.29, 1.82) is 0 Å². The molecule has 29 heavy (non-hydrogen) atoms. The number of carbonyl (C=O) groups excluding carboxylic acids is 2. The zero-order valence-corrected chi connectivity index (χ0v) is 15.8. The zero-order valence-electron chi connectivity index (χ0n) is 15.8. The number of nitrogens with zero attached hydrogens (tertiary/aromatic N) is 4. The number of aromatic nitrogens is 4. The number of H-pyrrole nitrogens is 1. The fraction of sp³-hybridized carbons (Fsp3) is 0.250. The van der Waals surface area contributed by atoms with Crippen LogP contribution in [0.4, 0.5) is 10.5 Å². The van der Waals surface area contributed by atoms with E-state index in [0.29, 0.717) is 22.6 Å². The average Bonchev–Trinajstić information content (AvgIpc) is 3.28. The van der Waals surface area contributed by atoms with E-state index in [4.69, 9.17) is 5.73 Å². The first kappa shape index (κ1) is 18.6. The molecule has 4 rings (SSSR count). The smallest absolute Gasteiger partial charge is 0.316 e. The van der Waals surface area contributed by atoms with Crippen LogP contribution in [0.15, 0.2) is 42.5 Å². The molecule has 0 spiro atoms. The first-order chi connectivity index (χ1) is 14.1. The zero-order chi connectivity index (χ0) is 20.2. The molecule has 0 radical (unpaired) electrons. The summed E-state index contributed by atoms with van der Waals surface area (Å²) in [6, 6.07) is 12.2. The number of rotatable bonds is 4. The minimum Gasteiger partial charge on any atom is -0.351 e. The lowest BCUT2D eigenvalue weighted by Gasteiger charge is -2.27. The first-order valence-electron chi connectivity index (χ1n) is 9.47. The van der Waals surface area contributed by atoms with Crippen LogP contribution in [0, 0.1) is 0 Å². The molecule has 3 amide bonds. The second-order valence-corrected chi connectivity index (χ2v) is 6.90. The van der Waals surface area contributed by atoms with Gasteiger partial charge in [-0.05, 0) is 59.0 Å². The van der Waals surface area contributed by atoms with E-state index in [0.717, 1.165) is 43.5 Å². The molecule has 0 unspecified atom stereocenters. The Kier molecular flexibility index (Phi) is 5.19. The van der Waals surface area contributed by atoms with Gasteiger partial charge in [0.1, 0.15) is 0 Å². The summed E-state index contributed by atoms with van der Waals surface area (Å²) in [5.41, 5.74) is 8.59. The fourth-order valence-corrected chi connectivity index (χ4v) is 3.61. The summed E-state index contributed by atoms with van der Waals surface area (Å²) in [7, 11) is 0. The standard InChI is InChI=1S/C20H21N7O2/c21-20(29)22-17-9-8-13(12-16(17)18-23-25-26-24-18)14-6-2-3-7-15(14)19(28)27-10-4-1-5-11-27/h2-3,6-9,12H,1,4-5,10-11H2,(H3,21,22,29)(H,23,24,25,26). The summed E-state index contributed by atoms with van der Waals surface area (Å²) in [5.74, 6) is 0.415. The van der Waals surface area contributed by atoms with Crippen molar-refractivity contribution in [3.8, 4) is 22.5 Å². The molecule has 0 atom stereocenters. The van der Waals surface area contributed by atoms with Crippen molar-refractivity contribution in [2.75, 3.05) is 18.4 Å². The molecule has 1 saturated heterocycles. The molecule has 0 bridgehead atoms. The Morgan fingerprint density at radius 3 is 2.55 bits per heavy atom. The second-order valence-electron chi connectivity index (χ2n) is 6.90. The number of tetrazole rings is 1. The van der Waals surface area contributed by atoms with Gasteiger partial charge < -0.3 is 16.0 Å². The van der Waals surface area contributed by atoms with Gasteiger partial charge >= 0.3 is 6.03 Å². The molecular formula is C20H21N7O2. The highest BCUT2D eigenvalue weighted by Crippen LogP contribution is 2.33. The molecule has 0 saturated carbocycles. The van der Waals surface area contributed by atoms with Crippen molar-refractivity contribution in [2.24, 2.45) is 5.73 Å². The van der Waals surface area contributed by atoms with Crippen molar-refractivity contribution >= 4 is 17.6 Å². The van der Waals surface area contributed by atoms with Gasteiger partial charge in [-0.25, -0.2) is 9.89 Å². The number of primary amides is 1. The summed E-state index contributed by atoms with van der Waals surface area (Å²) < 4.78 is 0. The van der Waals surface area contributed by atoms with Gasteiger partial charge in [0.05, 0.1) is 5.69 Å². The maximum Gasteiger partial charge on any atom is 0.316 e. The predicted octanol–water partition coefficient (Wildman–Crippen LogP) is 2.65. The lowest BCUT2D eigenvalue weighted by atomic mass is 9.96. The Balaban J connectivity index is 1.76. The largest absolute Gasteiger partial charge is 0.351 e. The van der Waals surface area contributed by atoms with Crippen LogP contribution in [-0.2, 0) is 0 Å². The number of piperidine rings is 1. The third-order valence-electron chi connectivity index (χ3n) is 4.99. The number of hydrogen-bond acceptors (Lipinski definition) is 5. The highest BCUT2D eigenvalue weighted by Gasteiger charge is 2.22. The molecule has 2 heterocycles. The molecule has 2 aromatic carbocycles. The molecule has 4 N–H and O–H groups in total. The normalized spacial score (nSPS) is 13.9. The van der Waals surface area contributed by atoms with Crippen molar-refractivity contribution in [2.45, 2.75) is 19.3 Å². The van der Waals surface area contributed by atoms with Gasteiger partial charge in [-0.1, -0.05) is 24.3 Å². The number of anilines is 1. The van der Waals surface area contributed by atoms with E-state index in [-0.39, 0.29) is 5.91 Å². The van der Waals surface area contributed by atoms with Crippen molar-refractivity contribution in [1.82, 2.24) is 25.5 Å². The number of benzene rings is 2. The third-order valence-corrected chi connectivity index (χ3v) is 4.99. The molecule has 9 nitrogen and oxygen atoms in total. The lowest BCUT2D eigenvalue weighted by molar-refractivity contribution is 0.0725. The summed E-state index contributed by atoms with van der Waals surface area (Å²) in [6.07, 6.45) is 3.22. The Labute approximate surface area is 167 Å². The number of aromatic amines is 1. The van der Waals surface area contributed by atoms with E-state index in [1.807, 2.05) is 41.3 Å². The van der Waals surface area contributed by atoms with Crippen LogP contribution in [0.3, 0.4) is 0 Å². The molecule has 9 heteroatoms. The van der Waals surface area contributed by atoms with Gasteiger partial charge in [0.15, 0.2) is 5.82 Å². The summed E-state index contributed by atoms with van der Waals surface area (Å²) in [4.78, 5) is 26.4. The van der Waals surface area contributed by atoms with E-state index in [1.54, 1.807) is 6.07 Å². The molecule has 3 aromatic rings. The van der Waals surface area contributed by atoms with Crippen LogP contribution in [0.1, 0.15) is 29.6 Å². The average molecular weight is 391 g/mol. The second kappa shape index (κ2) is 8.09. The first-order valence-corrected chi connectivity index (χ1v) is 9.47. The van der Waals surface area contributed by atoms with Gasteiger partial charge in [0.25, 0.3) is 5.91 Å². The minimum absolute atomic E-state index is 0.0301. The Morgan fingerprint density at radius 2 is 1.83 bits per heavy atom. The van der Waals surface area contributed by atoms with Gasteiger partial charge in [0, 0.05) is 24.2 Å². The quantitative estimate of drug-likeness (QED) is 0.629. The third kappa shape index (κ3) is 3.93. The Morgan fingerprint density at radius 1 is 1.03 bits per heavy atom. The maximum absolute atomic E-state index is 13.1. The van der Waals surface area contributed by atoms with Gasteiger partial charge in [-0.3, -0.25) is 4.79 Å². The summed E-state index contributed by atoms with van der Waals surface area (Å²) in [6.45, 7) is 1.56. The van der Waals surface area contributed by atoms with Crippen LogP contribution < -0.4 is 11.1 Å². The number of urea groups is 1. The number of nitrogens with two attached hydrogens (primary N) is 1. The van der Waals surface area contributed by atoms with Gasteiger partial charge in [-0.2, -0.15) is 0 Å². The SMILES string of the molecule is NC(=O)Nc1ccc(-c2ccccc2C(=O)N2CCCCC2)cc1-c1nnn[nH]1. The molecule has 0 aliphatic carbocycles. The van der Waals surface area contributed by atoms with Crippen molar-refractivity contribution in [3.63, 3.8) is 0 Å². The van der Waals surface area contributed by atoms with Crippen LogP contribution in [0.2, 0.25) is 0 Å². The van der Waals surface area contributed by atoms with E-state index < -0.39 is 6.03 Å². The van der Waals surface area contributed by atoms with Crippen molar-refractivity contribution < 1.29 is 9.59 Å². The topological polar surface area (TPSA) is 130 Å². The predicted molar refractivity (Wildman–Crippen MR) is 108 cm³/mol. The number of nitrogens with one attached hydrogen (secondary N) is 2. The van der Waals surface area contributed by atoms with Crippen LogP contribution in [0.25, 0.3) is 22.5 Å². The molecule has 1 aliphatic heterocycles. The minimum atomic E-state index is -0.688. The Bertz CT molecular complexity index is 1030. The number of likely N-dealkylation sites (tertiary alicyclic amines) is 1. The highest BCUT2D eigenvalue weighted by atomic mass is 16.2. The summed E-state index contributed by atoms with van der Waals surface area (Å²) in [5, 5.41) is 16.4. The van der Waals surface area contributed by atoms with Crippen LogP contribution in [-0.4, -0.2) is 50.6 Å².